The maximum absolute atomic E-state index is 8.90. The number of nitriles is 1. The molecular weight excluding hydrogens is 260 g/mol. The van der Waals surface area contributed by atoms with Crippen molar-refractivity contribution in [1.82, 2.24) is 0 Å². The van der Waals surface area contributed by atoms with Gasteiger partial charge in [0.15, 0.2) is 0 Å². The summed E-state index contributed by atoms with van der Waals surface area (Å²) in [4.78, 5) is 0. The summed E-state index contributed by atoms with van der Waals surface area (Å²) in [5.41, 5.74) is 8.95. The van der Waals surface area contributed by atoms with Crippen LogP contribution in [0, 0.1) is 30.1 Å². The molecule has 2 rings (SSSR count). The first-order valence-corrected chi connectivity index (χ1v) is 6.64. The first-order chi connectivity index (χ1) is 10.2. The van der Waals surface area contributed by atoms with Crippen LogP contribution in [0.4, 0.5) is 0 Å². The van der Waals surface area contributed by atoms with Gasteiger partial charge in [0, 0.05) is 0 Å². The lowest BCUT2D eigenvalue weighted by molar-refractivity contribution is 0.305. The van der Waals surface area contributed by atoms with Gasteiger partial charge in [-0.25, -0.2) is 0 Å². The summed E-state index contributed by atoms with van der Waals surface area (Å²) < 4.78 is 5.82. The molecule has 0 spiro atoms. The average Bonchev–Trinajstić information content (AvgIpc) is 2.52. The highest BCUT2D eigenvalue weighted by molar-refractivity contribution is 5.48. The van der Waals surface area contributed by atoms with Crippen LogP contribution in [-0.2, 0) is 6.61 Å². The van der Waals surface area contributed by atoms with Crippen LogP contribution in [0.1, 0.15) is 22.3 Å². The summed E-state index contributed by atoms with van der Waals surface area (Å²) in [7, 11) is 0. The fourth-order valence-electron chi connectivity index (χ4n) is 1.91. The number of ether oxygens (including phenoxy) is 1. The lowest BCUT2D eigenvalue weighted by Crippen LogP contribution is -1.99. The maximum atomic E-state index is 8.90. The van der Waals surface area contributed by atoms with E-state index in [4.69, 9.17) is 15.7 Å². The Kier molecular flexibility index (Phi) is 4.99. The number of nitrogens with zero attached hydrogens (tertiary/aromatic N) is 1. The van der Waals surface area contributed by atoms with Crippen LogP contribution in [-0.4, -0.2) is 6.54 Å². The molecule has 0 atom stereocenters. The minimum absolute atomic E-state index is 0.317. The van der Waals surface area contributed by atoms with Crippen molar-refractivity contribution in [2.75, 3.05) is 6.54 Å². The molecule has 3 nitrogen and oxygen atoms in total. The molecule has 0 fully saturated rings. The summed E-state index contributed by atoms with van der Waals surface area (Å²) in [5, 5.41) is 8.90. The molecular formula is C18H16N2O. The Morgan fingerprint density at radius 1 is 1.19 bits per heavy atom. The molecule has 0 saturated heterocycles. The van der Waals surface area contributed by atoms with E-state index in [0.29, 0.717) is 18.7 Å². The van der Waals surface area contributed by atoms with Gasteiger partial charge in [-0.3, -0.25) is 0 Å². The van der Waals surface area contributed by atoms with Gasteiger partial charge in [-0.05, 0) is 42.3 Å². The Labute approximate surface area is 125 Å². The first-order valence-electron chi connectivity index (χ1n) is 6.64. The lowest BCUT2D eigenvalue weighted by Gasteiger charge is -2.09. The second-order valence-corrected chi connectivity index (χ2v) is 4.61. The summed E-state index contributed by atoms with van der Waals surface area (Å²) in [6.07, 6.45) is 0. The van der Waals surface area contributed by atoms with Crippen LogP contribution in [0.15, 0.2) is 42.5 Å². The molecule has 0 aliphatic rings. The number of rotatable bonds is 3. The van der Waals surface area contributed by atoms with E-state index in [2.05, 4.69) is 17.9 Å². The summed E-state index contributed by atoms with van der Waals surface area (Å²) in [6.45, 7) is 2.72. The highest BCUT2D eigenvalue weighted by Gasteiger charge is 2.03. The van der Waals surface area contributed by atoms with E-state index in [1.54, 1.807) is 6.07 Å². The van der Waals surface area contributed by atoms with E-state index in [9.17, 15) is 0 Å². The zero-order chi connectivity index (χ0) is 15.1. The molecule has 2 N–H and O–H groups in total. The minimum atomic E-state index is 0.317. The molecule has 104 valence electrons. The Morgan fingerprint density at radius 2 is 2.05 bits per heavy atom. The predicted octanol–water partition coefficient (Wildman–Crippen LogP) is 2.76. The molecule has 21 heavy (non-hydrogen) atoms. The van der Waals surface area contributed by atoms with E-state index in [0.717, 1.165) is 22.4 Å². The van der Waals surface area contributed by atoms with Crippen molar-refractivity contribution in [3.63, 3.8) is 0 Å². The van der Waals surface area contributed by atoms with Crippen molar-refractivity contribution in [1.29, 1.82) is 5.26 Å². The van der Waals surface area contributed by atoms with E-state index >= 15 is 0 Å². The summed E-state index contributed by atoms with van der Waals surface area (Å²) in [5.74, 6) is 6.59. The highest BCUT2D eigenvalue weighted by Crippen LogP contribution is 2.20. The Bertz CT molecular complexity index is 733. The molecule has 0 aromatic heterocycles. The van der Waals surface area contributed by atoms with Gasteiger partial charge in [0.25, 0.3) is 0 Å². The van der Waals surface area contributed by atoms with Gasteiger partial charge in [0.05, 0.1) is 23.7 Å². The maximum Gasteiger partial charge on any atom is 0.135 e. The molecule has 2 aromatic rings. The lowest BCUT2D eigenvalue weighted by atomic mass is 10.1. The van der Waals surface area contributed by atoms with Crippen molar-refractivity contribution in [2.45, 2.75) is 13.5 Å². The van der Waals surface area contributed by atoms with E-state index in [1.807, 2.05) is 43.3 Å². The van der Waals surface area contributed by atoms with E-state index < -0.39 is 0 Å². The van der Waals surface area contributed by atoms with Gasteiger partial charge >= 0.3 is 0 Å². The third-order valence-corrected chi connectivity index (χ3v) is 2.91. The van der Waals surface area contributed by atoms with Gasteiger partial charge in [-0.1, -0.05) is 30.0 Å². The molecule has 0 heterocycles. The standard InChI is InChI=1S/C18H16N2O/c1-14-7-8-18(17(10-14)6-3-9-19)21-13-16-5-2-4-15(11-16)12-20/h2,4-5,7-8,10-11H,9,13,19H2,1H3. The Hall–Kier alpha value is -2.75. The molecule has 0 saturated carbocycles. The number of aryl methyl sites for hydroxylation is 1. The van der Waals surface area contributed by atoms with Crippen LogP contribution in [0.25, 0.3) is 0 Å². The third-order valence-electron chi connectivity index (χ3n) is 2.91. The van der Waals surface area contributed by atoms with Crippen molar-refractivity contribution in [3.8, 4) is 23.7 Å². The highest BCUT2D eigenvalue weighted by atomic mass is 16.5. The quantitative estimate of drug-likeness (QED) is 0.877. The van der Waals surface area contributed by atoms with E-state index in [-0.39, 0.29) is 0 Å². The molecule has 0 amide bonds. The number of nitrogens with two attached hydrogens (primary N) is 1. The van der Waals surface area contributed by atoms with Gasteiger partial charge in [0.2, 0.25) is 0 Å². The number of hydrogen-bond acceptors (Lipinski definition) is 3. The van der Waals surface area contributed by atoms with Crippen molar-refractivity contribution in [3.05, 3.63) is 64.7 Å². The van der Waals surface area contributed by atoms with Crippen LogP contribution in [0.5, 0.6) is 5.75 Å². The topological polar surface area (TPSA) is 59.0 Å². The van der Waals surface area contributed by atoms with Crippen LogP contribution < -0.4 is 10.5 Å². The smallest absolute Gasteiger partial charge is 0.135 e. The Balaban J connectivity index is 2.18. The minimum Gasteiger partial charge on any atom is -0.488 e. The predicted molar refractivity (Wildman–Crippen MR) is 82.6 cm³/mol. The Morgan fingerprint density at radius 3 is 2.81 bits per heavy atom. The van der Waals surface area contributed by atoms with Gasteiger partial charge in [-0.15, -0.1) is 0 Å². The molecule has 0 unspecified atom stereocenters. The van der Waals surface area contributed by atoms with Crippen LogP contribution in [0.3, 0.4) is 0 Å². The fraction of sp³-hybridized carbons (Fsp3) is 0.167. The molecule has 0 aliphatic heterocycles. The monoisotopic (exact) mass is 276 g/mol. The second kappa shape index (κ2) is 7.14. The van der Waals surface area contributed by atoms with Gasteiger partial charge in [-0.2, -0.15) is 5.26 Å². The molecule has 0 aliphatic carbocycles. The van der Waals surface area contributed by atoms with Crippen molar-refractivity contribution in [2.24, 2.45) is 5.73 Å². The molecule has 3 heteroatoms. The fourth-order valence-corrected chi connectivity index (χ4v) is 1.91. The van der Waals surface area contributed by atoms with E-state index in [1.165, 1.54) is 0 Å². The molecule has 0 radical (unpaired) electrons. The second-order valence-electron chi connectivity index (χ2n) is 4.61. The van der Waals surface area contributed by atoms with Crippen molar-refractivity contribution < 1.29 is 4.74 Å². The molecule has 2 aromatic carbocycles. The number of benzene rings is 2. The SMILES string of the molecule is Cc1ccc(OCc2cccc(C#N)c2)c(C#CCN)c1. The van der Waals surface area contributed by atoms with Gasteiger partial charge < -0.3 is 10.5 Å². The van der Waals surface area contributed by atoms with Gasteiger partial charge in [0.1, 0.15) is 12.4 Å². The van der Waals surface area contributed by atoms with Crippen LogP contribution in [0.2, 0.25) is 0 Å². The zero-order valence-electron chi connectivity index (χ0n) is 11.9. The van der Waals surface area contributed by atoms with Crippen molar-refractivity contribution >= 4 is 0 Å². The normalized spacial score (nSPS) is 9.38. The van der Waals surface area contributed by atoms with Crippen LogP contribution >= 0.6 is 0 Å². The largest absolute Gasteiger partial charge is 0.488 e. The average molecular weight is 276 g/mol. The first kappa shape index (κ1) is 14.7. The summed E-state index contributed by atoms with van der Waals surface area (Å²) >= 11 is 0. The summed E-state index contributed by atoms with van der Waals surface area (Å²) in [6, 6.07) is 15.4. The number of hydrogen-bond donors (Lipinski definition) is 1. The molecule has 0 bridgehead atoms. The zero-order valence-corrected chi connectivity index (χ0v) is 11.9. The third kappa shape index (κ3) is 4.11.